The quantitative estimate of drug-likeness (QED) is 0.255. The fraction of sp³-hybridized carbons (Fsp3) is 0.333. The van der Waals surface area contributed by atoms with Gasteiger partial charge >= 0.3 is 0 Å². The second-order valence-electron chi connectivity index (χ2n) is 7.51. The lowest BCUT2D eigenvalue weighted by Crippen LogP contribution is -2.39. The fourth-order valence-corrected chi connectivity index (χ4v) is 4.51. The van der Waals surface area contributed by atoms with Crippen LogP contribution in [0.4, 0.5) is 0 Å². The third kappa shape index (κ3) is 6.75. The molecular weight excluding hydrogens is 519 g/mol. The summed E-state index contributed by atoms with van der Waals surface area (Å²) >= 11 is 1.68. The monoisotopic (exact) mass is 548 g/mol. The minimum absolute atomic E-state index is 0. The van der Waals surface area contributed by atoms with E-state index in [4.69, 9.17) is 9.72 Å². The Bertz CT molecular complexity index is 948. The number of ether oxygens (including phenoxy) is 1. The number of hydrogen-bond donors (Lipinski definition) is 1. The van der Waals surface area contributed by atoms with Gasteiger partial charge in [-0.25, -0.2) is 4.98 Å². The average molecular weight is 548 g/mol. The molecule has 1 aliphatic rings. The molecule has 1 atom stereocenters. The minimum Gasteiger partial charge on any atom is -0.376 e. The van der Waals surface area contributed by atoms with Crippen LogP contribution in [0.5, 0.6) is 0 Å². The highest BCUT2D eigenvalue weighted by atomic mass is 127. The molecule has 5 nitrogen and oxygen atoms in total. The van der Waals surface area contributed by atoms with E-state index in [2.05, 4.69) is 57.0 Å². The van der Waals surface area contributed by atoms with Crippen molar-refractivity contribution in [2.24, 2.45) is 10.9 Å². The van der Waals surface area contributed by atoms with Crippen LogP contribution in [0.25, 0.3) is 10.6 Å². The SMILES string of the molecule is CN=C(NCc1csc(-c2ccccc2)n1)N1CCC(COCc2ccccc2)C1.I. The van der Waals surface area contributed by atoms with Crippen LogP contribution in [0.1, 0.15) is 17.7 Å². The van der Waals surface area contributed by atoms with Crippen molar-refractivity contribution in [3.05, 3.63) is 77.3 Å². The molecule has 3 aromatic rings. The summed E-state index contributed by atoms with van der Waals surface area (Å²) in [6, 6.07) is 20.7. The van der Waals surface area contributed by atoms with Crippen LogP contribution in [0.15, 0.2) is 71.0 Å². The van der Waals surface area contributed by atoms with Crippen molar-refractivity contribution in [2.45, 2.75) is 19.6 Å². The molecule has 1 saturated heterocycles. The van der Waals surface area contributed by atoms with Gasteiger partial charge in [-0.05, 0) is 12.0 Å². The standard InChI is InChI=1S/C24H28N4OS.HI/c1-25-24(26-14-22-18-30-23(27-22)21-10-6-3-7-11-21)28-13-12-20(15-28)17-29-16-19-8-4-2-5-9-19;/h2-11,18,20H,12-17H2,1H3,(H,25,26);1H. The van der Waals surface area contributed by atoms with E-state index in [1.165, 1.54) is 5.56 Å². The first-order valence-electron chi connectivity index (χ1n) is 10.4. The Hall–Kier alpha value is -1.97. The Morgan fingerprint density at radius 1 is 1.16 bits per heavy atom. The highest BCUT2D eigenvalue weighted by Gasteiger charge is 2.25. The maximum Gasteiger partial charge on any atom is 0.193 e. The summed E-state index contributed by atoms with van der Waals surface area (Å²) in [6.45, 7) is 4.13. The van der Waals surface area contributed by atoms with Gasteiger partial charge in [0.25, 0.3) is 0 Å². The zero-order valence-corrected chi connectivity index (χ0v) is 20.9. The van der Waals surface area contributed by atoms with Gasteiger partial charge in [0.2, 0.25) is 0 Å². The van der Waals surface area contributed by atoms with Crippen molar-refractivity contribution in [1.29, 1.82) is 0 Å². The third-order valence-electron chi connectivity index (χ3n) is 5.26. The van der Waals surface area contributed by atoms with Gasteiger partial charge < -0.3 is 15.0 Å². The Morgan fingerprint density at radius 3 is 2.65 bits per heavy atom. The number of guanidine groups is 1. The first kappa shape index (κ1) is 23.7. The topological polar surface area (TPSA) is 49.8 Å². The molecule has 0 aliphatic carbocycles. The molecule has 31 heavy (non-hydrogen) atoms. The molecule has 1 fully saturated rings. The lowest BCUT2D eigenvalue weighted by atomic mass is 10.1. The van der Waals surface area contributed by atoms with Gasteiger partial charge in [-0.15, -0.1) is 35.3 Å². The van der Waals surface area contributed by atoms with Gasteiger partial charge in [0.1, 0.15) is 5.01 Å². The van der Waals surface area contributed by atoms with Gasteiger partial charge in [-0.1, -0.05) is 60.7 Å². The molecule has 0 bridgehead atoms. The molecule has 0 amide bonds. The molecule has 164 valence electrons. The smallest absolute Gasteiger partial charge is 0.193 e. The van der Waals surface area contributed by atoms with Crippen molar-refractivity contribution < 1.29 is 4.74 Å². The molecule has 2 aromatic carbocycles. The molecule has 1 N–H and O–H groups in total. The lowest BCUT2D eigenvalue weighted by molar-refractivity contribution is 0.0906. The van der Waals surface area contributed by atoms with E-state index < -0.39 is 0 Å². The van der Waals surface area contributed by atoms with Crippen LogP contribution >= 0.6 is 35.3 Å². The van der Waals surface area contributed by atoms with Crippen LogP contribution in [0.2, 0.25) is 0 Å². The largest absolute Gasteiger partial charge is 0.376 e. The maximum absolute atomic E-state index is 5.94. The zero-order chi connectivity index (χ0) is 20.6. The van der Waals surface area contributed by atoms with E-state index in [-0.39, 0.29) is 24.0 Å². The predicted molar refractivity (Wildman–Crippen MR) is 139 cm³/mol. The second kappa shape index (κ2) is 12.2. The van der Waals surface area contributed by atoms with E-state index >= 15 is 0 Å². The first-order valence-corrected chi connectivity index (χ1v) is 11.3. The van der Waals surface area contributed by atoms with E-state index in [0.717, 1.165) is 48.3 Å². The number of likely N-dealkylation sites (tertiary alicyclic amines) is 1. The highest BCUT2D eigenvalue weighted by Crippen LogP contribution is 2.23. The molecule has 0 saturated carbocycles. The average Bonchev–Trinajstić information content (AvgIpc) is 3.46. The van der Waals surface area contributed by atoms with Crippen molar-refractivity contribution >= 4 is 41.3 Å². The molecule has 4 rings (SSSR count). The molecule has 2 heterocycles. The van der Waals surface area contributed by atoms with Crippen molar-refractivity contribution in [3.8, 4) is 10.6 Å². The molecule has 0 spiro atoms. The number of nitrogens with zero attached hydrogens (tertiary/aromatic N) is 3. The number of nitrogens with one attached hydrogen (secondary N) is 1. The van der Waals surface area contributed by atoms with Crippen LogP contribution in [0.3, 0.4) is 0 Å². The Labute approximate surface area is 205 Å². The van der Waals surface area contributed by atoms with Crippen LogP contribution in [-0.4, -0.2) is 42.6 Å². The molecular formula is C24H29IN4OS. The van der Waals surface area contributed by atoms with Gasteiger partial charge in [0, 0.05) is 37.0 Å². The summed E-state index contributed by atoms with van der Waals surface area (Å²) in [5.74, 6) is 1.48. The number of benzene rings is 2. The van der Waals surface area contributed by atoms with Gasteiger partial charge in [-0.2, -0.15) is 0 Å². The summed E-state index contributed by atoms with van der Waals surface area (Å²) < 4.78 is 5.94. The van der Waals surface area contributed by atoms with Gasteiger partial charge in [0.15, 0.2) is 5.96 Å². The van der Waals surface area contributed by atoms with Crippen molar-refractivity contribution in [2.75, 3.05) is 26.7 Å². The van der Waals surface area contributed by atoms with E-state index in [1.807, 2.05) is 31.3 Å². The second-order valence-corrected chi connectivity index (χ2v) is 8.37. The zero-order valence-electron chi connectivity index (χ0n) is 17.7. The Morgan fingerprint density at radius 2 is 1.90 bits per heavy atom. The molecule has 1 aromatic heterocycles. The van der Waals surface area contributed by atoms with E-state index in [9.17, 15) is 0 Å². The van der Waals surface area contributed by atoms with E-state index in [1.54, 1.807) is 11.3 Å². The Balaban J connectivity index is 0.00000272. The molecule has 1 aliphatic heterocycles. The number of halogens is 1. The van der Waals surface area contributed by atoms with Crippen LogP contribution in [-0.2, 0) is 17.9 Å². The molecule has 1 unspecified atom stereocenters. The van der Waals surface area contributed by atoms with Crippen LogP contribution < -0.4 is 5.32 Å². The number of rotatable bonds is 7. The van der Waals surface area contributed by atoms with E-state index in [0.29, 0.717) is 19.1 Å². The number of aromatic nitrogens is 1. The minimum atomic E-state index is 0. The predicted octanol–water partition coefficient (Wildman–Crippen LogP) is 5.04. The number of thiazole rings is 1. The van der Waals surface area contributed by atoms with Crippen molar-refractivity contribution in [3.63, 3.8) is 0 Å². The third-order valence-corrected chi connectivity index (χ3v) is 6.20. The summed E-state index contributed by atoms with van der Waals surface area (Å²) in [4.78, 5) is 11.6. The molecule has 0 radical (unpaired) electrons. The van der Waals surface area contributed by atoms with Gasteiger partial charge in [0.05, 0.1) is 25.5 Å². The highest BCUT2D eigenvalue weighted by molar-refractivity contribution is 14.0. The van der Waals surface area contributed by atoms with Crippen LogP contribution in [0, 0.1) is 5.92 Å². The fourth-order valence-electron chi connectivity index (χ4n) is 3.68. The number of hydrogen-bond acceptors (Lipinski definition) is 4. The summed E-state index contributed by atoms with van der Waals surface area (Å²) in [7, 11) is 1.85. The number of aliphatic imine (C=N–C) groups is 1. The first-order chi connectivity index (χ1) is 14.8. The maximum atomic E-state index is 5.94. The van der Waals surface area contributed by atoms with Gasteiger partial charge in [-0.3, -0.25) is 4.99 Å². The van der Waals surface area contributed by atoms with Crippen molar-refractivity contribution in [1.82, 2.24) is 15.2 Å². The Kier molecular flexibility index (Phi) is 9.30. The lowest BCUT2D eigenvalue weighted by Gasteiger charge is -2.21. The summed E-state index contributed by atoms with van der Waals surface area (Å²) in [5.41, 5.74) is 3.43. The normalized spacial score (nSPS) is 16.2. The summed E-state index contributed by atoms with van der Waals surface area (Å²) in [5, 5.41) is 6.65. The summed E-state index contributed by atoms with van der Waals surface area (Å²) in [6.07, 6.45) is 1.13. The molecule has 7 heteroatoms.